The van der Waals surface area contributed by atoms with Crippen LogP contribution in [0.4, 0.5) is 13.2 Å². The summed E-state index contributed by atoms with van der Waals surface area (Å²) in [6.45, 7) is 2.22. The van der Waals surface area contributed by atoms with E-state index in [2.05, 4.69) is 5.10 Å². The topological polar surface area (TPSA) is 38.0 Å². The van der Waals surface area contributed by atoms with Crippen LogP contribution in [0.5, 0.6) is 0 Å². The second-order valence-corrected chi connectivity index (χ2v) is 2.57. The number of hydrogen-bond acceptors (Lipinski definition) is 2. The second kappa shape index (κ2) is 3.37. The zero-order valence-electron chi connectivity index (χ0n) is 6.91. The molecule has 0 saturated carbocycles. The summed E-state index contributed by atoms with van der Waals surface area (Å²) in [7, 11) is 0. The Morgan fingerprint density at radius 1 is 1.62 bits per heavy atom. The Morgan fingerprint density at radius 2 is 2.23 bits per heavy atom. The molecule has 0 fully saturated rings. The van der Waals surface area contributed by atoms with Crippen molar-refractivity contribution in [2.75, 3.05) is 0 Å². The van der Waals surface area contributed by atoms with Gasteiger partial charge in [0.1, 0.15) is 0 Å². The van der Waals surface area contributed by atoms with Gasteiger partial charge in [0.2, 0.25) is 0 Å². The van der Waals surface area contributed by atoms with Gasteiger partial charge >= 0.3 is 6.18 Å². The van der Waals surface area contributed by atoms with Crippen LogP contribution in [0.25, 0.3) is 0 Å². The molecule has 1 N–H and O–H groups in total. The van der Waals surface area contributed by atoms with Crippen LogP contribution in [0.3, 0.4) is 0 Å². The van der Waals surface area contributed by atoms with E-state index in [1.54, 1.807) is 6.92 Å². The van der Waals surface area contributed by atoms with Crippen molar-refractivity contribution in [2.24, 2.45) is 0 Å². The summed E-state index contributed by atoms with van der Waals surface area (Å²) in [6.07, 6.45) is -4.87. The molecular formula is C7H9F3N2O. The molecule has 0 saturated heterocycles. The maximum Gasteiger partial charge on any atom is 0.418 e. The van der Waals surface area contributed by atoms with E-state index in [-0.39, 0.29) is 5.56 Å². The third-order valence-corrected chi connectivity index (χ3v) is 1.60. The van der Waals surface area contributed by atoms with E-state index in [1.165, 1.54) is 10.9 Å². The van der Waals surface area contributed by atoms with E-state index in [4.69, 9.17) is 5.11 Å². The number of halogens is 3. The van der Waals surface area contributed by atoms with Crippen molar-refractivity contribution < 1.29 is 18.3 Å². The molecule has 0 bridgehead atoms. The summed E-state index contributed by atoms with van der Waals surface area (Å²) in [5, 5.41) is 12.4. The molecule has 6 heteroatoms. The SMILES string of the molecule is CCn1cc(C(O)C(F)(F)F)cn1. The van der Waals surface area contributed by atoms with Gasteiger partial charge in [0.15, 0.2) is 6.10 Å². The van der Waals surface area contributed by atoms with Crippen molar-refractivity contribution in [3.63, 3.8) is 0 Å². The van der Waals surface area contributed by atoms with Gasteiger partial charge in [0.05, 0.1) is 6.20 Å². The highest BCUT2D eigenvalue weighted by Gasteiger charge is 2.39. The minimum Gasteiger partial charge on any atom is -0.379 e. The minimum absolute atomic E-state index is 0.227. The first kappa shape index (κ1) is 10.0. The maximum absolute atomic E-state index is 12.0. The van der Waals surface area contributed by atoms with Crippen molar-refractivity contribution >= 4 is 0 Å². The van der Waals surface area contributed by atoms with Crippen molar-refractivity contribution in [1.29, 1.82) is 0 Å². The number of aromatic nitrogens is 2. The zero-order chi connectivity index (χ0) is 10.1. The lowest BCUT2D eigenvalue weighted by Crippen LogP contribution is -2.19. The van der Waals surface area contributed by atoms with Gasteiger partial charge in [-0.15, -0.1) is 0 Å². The number of rotatable bonds is 2. The predicted molar refractivity (Wildman–Crippen MR) is 38.9 cm³/mol. The highest BCUT2D eigenvalue weighted by Crippen LogP contribution is 2.31. The van der Waals surface area contributed by atoms with Crippen LogP contribution in [0.1, 0.15) is 18.6 Å². The van der Waals surface area contributed by atoms with Crippen LogP contribution in [-0.2, 0) is 6.54 Å². The standard InChI is InChI=1S/C7H9F3N2O/c1-2-12-4-5(3-11-12)6(13)7(8,9)10/h3-4,6,13H,2H2,1H3. The van der Waals surface area contributed by atoms with Gasteiger partial charge in [-0.2, -0.15) is 18.3 Å². The Bertz CT molecular complexity index is 282. The molecule has 1 unspecified atom stereocenters. The molecule has 1 aromatic rings. The van der Waals surface area contributed by atoms with Gasteiger partial charge < -0.3 is 5.11 Å². The van der Waals surface area contributed by atoms with Crippen LogP contribution in [0.15, 0.2) is 12.4 Å². The molecule has 0 spiro atoms. The van der Waals surface area contributed by atoms with Crippen molar-refractivity contribution in [1.82, 2.24) is 9.78 Å². The molecule has 1 aromatic heterocycles. The van der Waals surface area contributed by atoms with Gasteiger partial charge in [0, 0.05) is 18.3 Å². The summed E-state index contributed by atoms with van der Waals surface area (Å²) >= 11 is 0. The highest BCUT2D eigenvalue weighted by atomic mass is 19.4. The third-order valence-electron chi connectivity index (χ3n) is 1.60. The number of alkyl halides is 3. The summed E-state index contributed by atoms with van der Waals surface area (Å²) in [6, 6.07) is 0. The normalized spacial score (nSPS) is 14.5. The smallest absolute Gasteiger partial charge is 0.379 e. The molecule has 0 aromatic carbocycles. The number of hydrogen-bond donors (Lipinski definition) is 1. The van der Waals surface area contributed by atoms with Crippen LogP contribution < -0.4 is 0 Å². The van der Waals surface area contributed by atoms with E-state index in [9.17, 15) is 13.2 Å². The van der Waals surface area contributed by atoms with Crippen LogP contribution in [0, 0.1) is 0 Å². The molecule has 74 valence electrons. The van der Waals surface area contributed by atoms with Crippen LogP contribution >= 0.6 is 0 Å². The number of aryl methyl sites for hydroxylation is 1. The average molecular weight is 194 g/mol. The van der Waals surface area contributed by atoms with Crippen molar-refractivity contribution in [2.45, 2.75) is 25.7 Å². The largest absolute Gasteiger partial charge is 0.418 e. The van der Waals surface area contributed by atoms with Gasteiger partial charge in [-0.3, -0.25) is 4.68 Å². The van der Waals surface area contributed by atoms with E-state index in [0.717, 1.165) is 6.20 Å². The Balaban J connectivity index is 2.83. The van der Waals surface area contributed by atoms with E-state index in [0.29, 0.717) is 6.54 Å². The summed E-state index contributed by atoms with van der Waals surface area (Å²) < 4.78 is 37.2. The summed E-state index contributed by atoms with van der Waals surface area (Å²) in [5.41, 5.74) is -0.227. The first-order valence-corrected chi connectivity index (χ1v) is 3.72. The maximum atomic E-state index is 12.0. The van der Waals surface area contributed by atoms with E-state index < -0.39 is 12.3 Å². The van der Waals surface area contributed by atoms with E-state index >= 15 is 0 Å². The van der Waals surface area contributed by atoms with E-state index in [1.807, 2.05) is 0 Å². The molecule has 0 radical (unpaired) electrons. The molecule has 1 atom stereocenters. The van der Waals surface area contributed by atoms with Crippen molar-refractivity contribution in [3.8, 4) is 0 Å². The Morgan fingerprint density at radius 3 is 2.62 bits per heavy atom. The van der Waals surface area contributed by atoms with Crippen molar-refractivity contribution in [3.05, 3.63) is 18.0 Å². The third kappa shape index (κ3) is 2.21. The summed E-state index contributed by atoms with van der Waals surface area (Å²) in [5.74, 6) is 0. The second-order valence-electron chi connectivity index (χ2n) is 2.57. The van der Waals surface area contributed by atoms with Gasteiger partial charge in [0.25, 0.3) is 0 Å². The monoisotopic (exact) mass is 194 g/mol. The number of aliphatic hydroxyl groups is 1. The lowest BCUT2D eigenvalue weighted by Gasteiger charge is -2.11. The van der Waals surface area contributed by atoms with Crippen LogP contribution in [-0.4, -0.2) is 21.1 Å². The molecule has 0 aliphatic heterocycles. The molecule has 1 rings (SSSR count). The Hall–Kier alpha value is -1.04. The molecule has 0 aliphatic carbocycles. The average Bonchev–Trinajstić information content (AvgIpc) is 2.48. The van der Waals surface area contributed by atoms with Gasteiger partial charge in [-0.1, -0.05) is 0 Å². The first-order valence-electron chi connectivity index (χ1n) is 3.72. The van der Waals surface area contributed by atoms with Gasteiger partial charge in [-0.25, -0.2) is 0 Å². The fourth-order valence-electron chi connectivity index (χ4n) is 0.883. The Labute approximate surface area is 72.8 Å². The zero-order valence-corrected chi connectivity index (χ0v) is 6.91. The first-order chi connectivity index (χ1) is 5.95. The quantitative estimate of drug-likeness (QED) is 0.774. The predicted octanol–water partition coefficient (Wildman–Crippen LogP) is 1.50. The number of aliphatic hydroxyl groups excluding tert-OH is 1. The molecule has 0 aliphatic rings. The van der Waals surface area contributed by atoms with Crippen LogP contribution in [0.2, 0.25) is 0 Å². The molecule has 13 heavy (non-hydrogen) atoms. The highest BCUT2D eigenvalue weighted by molar-refractivity contribution is 5.09. The lowest BCUT2D eigenvalue weighted by atomic mass is 10.2. The molecule has 0 amide bonds. The Kier molecular flexibility index (Phi) is 2.60. The number of nitrogens with zero attached hydrogens (tertiary/aromatic N) is 2. The molecular weight excluding hydrogens is 185 g/mol. The summed E-state index contributed by atoms with van der Waals surface area (Å²) in [4.78, 5) is 0. The molecule has 3 nitrogen and oxygen atoms in total. The fourth-order valence-corrected chi connectivity index (χ4v) is 0.883. The van der Waals surface area contributed by atoms with Gasteiger partial charge in [-0.05, 0) is 6.92 Å². The molecule has 1 heterocycles. The minimum atomic E-state index is -4.62. The fraction of sp³-hybridized carbons (Fsp3) is 0.571. The lowest BCUT2D eigenvalue weighted by molar-refractivity contribution is -0.206.